The molecule has 0 saturated carbocycles. The molecule has 0 bridgehead atoms. The van der Waals surface area contributed by atoms with Crippen LogP contribution in [-0.2, 0) is 6.42 Å². The highest BCUT2D eigenvalue weighted by atomic mass is 16.5. The molecule has 29 heavy (non-hydrogen) atoms. The SMILES string of the molecule is CC(=O)c1ccc(-c2cc(NCCC(C)c3ccnc4c3OCC4)ncn2)cc1. The molecule has 0 saturated heterocycles. The molecule has 0 radical (unpaired) electrons. The Labute approximate surface area is 170 Å². The first-order chi connectivity index (χ1) is 14.1. The number of benzene rings is 1. The van der Waals surface area contributed by atoms with Gasteiger partial charge < -0.3 is 10.1 Å². The second-order valence-electron chi connectivity index (χ2n) is 7.31. The molecule has 0 aliphatic carbocycles. The van der Waals surface area contributed by atoms with Crippen molar-refractivity contribution in [3.05, 3.63) is 65.7 Å². The van der Waals surface area contributed by atoms with Crippen LogP contribution >= 0.6 is 0 Å². The van der Waals surface area contributed by atoms with Crippen LogP contribution < -0.4 is 10.1 Å². The summed E-state index contributed by atoms with van der Waals surface area (Å²) < 4.78 is 5.78. The number of aromatic nitrogens is 3. The summed E-state index contributed by atoms with van der Waals surface area (Å²) in [6.45, 7) is 5.29. The number of ether oxygens (including phenoxy) is 1. The number of nitrogens with zero attached hydrogens (tertiary/aromatic N) is 3. The monoisotopic (exact) mass is 388 g/mol. The summed E-state index contributed by atoms with van der Waals surface area (Å²) in [5, 5.41) is 3.39. The minimum atomic E-state index is 0.0564. The molecule has 1 N–H and O–H groups in total. The van der Waals surface area contributed by atoms with E-state index in [2.05, 4.69) is 33.3 Å². The van der Waals surface area contributed by atoms with Gasteiger partial charge in [-0.05, 0) is 25.3 Å². The summed E-state index contributed by atoms with van der Waals surface area (Å²) in [7, 11) is 0. The number of hydrogen-bond acceptors (Lipinski definition) is 6. The molecule has 4 rings (SSSR count). The first-order valence-electron chi connectivity index (χ1n) is 9.89. The molecule has 6 nitrogen and oxygen atoms in total. The highest BCUT2D eigenvalue weighted by molar-refractivity contribution is 5.94. The number of pyridine rings is 1. The summed E-state index contributed by atoms with van der Waals surface area (Å²) in [6, 6.07) is 11.5. The van der Waals surface area contributed by atoms with E-state index in [9.17, 15) is 4.79 Å². The van der Waals surface area contributed by atoms with Gasteiger partial charge in [0, 0.05) is 41.9 Å². The standard InChI is InChI=1S/C23H24N4O2/c1-15(19-8-11-24-20-9-12-29-23(19)20)7-10-25-22-13-21(26-14-27-22)18-5-3-17(4-6-18)16(2)28/h3-6,8,11,13-15H,7,9-10,12H2,1-2H3,(H,25,26,27). The van der Waals surface area contributed by atoms with Crippen LogP contribution in [0.25, 0.3) is 11.3 Å². The van der Waals surface area contributed by atoms with Gasteiger partial charge in [-0.15, -0.1) is 0 Å². The quantitative estimate of drug-likeness (QED) is 0.609. The molecule has 148 valence electrons. The van der Waals surface area contributed by atoms with E-state index in [1.807, 2.05) is 36.5 Å². The Morgan fingerprint density at radius 2 is 2.00 bits per heavy atom. The van der Waals surface area contributed by atoms with Crippen molar-refractivity contribution < 1.29 is 9.53 Å². The Hall–Kier alpha value is -3.28. The number of ketones is 1. The normalized spacial score (nSPS) is 13.4. The van der Waals surface area contributed by atoms with Gasteiger partial charge in [-0.1, -0.05) is 31.2 Å². The lowest BCUT2D eigenvalue weighted by atomic mass is 9.97. The van der Waals surface area contributed by atoms with Crippen molar-refractivity contribution in [2.45, 2.75) is 32.6 Å². The van der Waals surface area contributed by atoms with Crippen LogP contribution in [0, 0.1) is 0 Å². The summed E-state index contributed by atoms with van der Waals surface area (Å²) in [5.74, 6) is 2.17. The van der Waals surface area contributed by atoms with Gasteiger partial charge in [0.2, 0.25) is 0 Å². The topological polar surface area (TPSA) is 77.0 Å². The third-order valence-electron chi connectivity index (χ3n) is 5.26. The van der Waals surface area contributed by atoms with E-state index in [1.54, 1.807) is 13.3 Å². The van der Waals surface area contributed by atoms with Crippen molar-refractivity contribution in [1.29, 1.82) is 0 Å². The van der Waals surface area contributed by atoms with Gasteiger partial charge in [-0.2, -0.15) is 0 Å². The first-order valence-corrected chi connectivity index (χ1v) is 9.89. The fourth-order valence-corrected chi connectivity index (χ4v) is 3.55. The van der Waals surface area contributed by atoms with E-state index < -0.39 is 0 Å². The molecule has 0 spiro atoms. The van der Waals surface area contributed by atoms with E-state index in [0.717, 1.165) is 54.5 Å². The Bertz CT molecular complexity index is 1020. The molecule has 1 atom stereocenters. The Morgan fingerprint density at radius 1 is 1.17 bits per heavy atom. The van der Waals surface area contributed by atoms with Crippen LogP contribution in [0.2, 0.25) is 0 Å². The number of hydrogen-bond donors (Lipinski definition) is 1. The van der Waals surface area contributed by atoms with Gasteiger partial charge in [0.15, 0.2) is 5.78 Å². The maximum Gasteiger partial charge on any atom is 0.159 e. The van der Waals surface area contributed by atoms with Crippen molar-refractivity contribution in [3.63, 3.8) is 0 Å². The van der Waals surface area contributed by atoms with E-state index in [1.165, 1.54) is 5.56 Å². The zero-order valence-corrected chi connectivity index (χ0v) is 16.7. The summed E-state index contributed by atoms with van der Waals surface area (Å²) in [4.78, 5) is 24.5. The van der Waals surface area contributed by atoms with Crippen molar-refractivity contribution in [2.75, 3.05) is 18.5 Å². The molecular weight excluding hydrogens is 364 g/mol. The second-order valence-corrected chi connectivity index (χ2v) is 7.31. The van der Waals surface area contributed by atoms with Crippen LogP contribution in [-0.4, -0.2) is 33.9 Å². The Balaban J connectivity index is 1.39. The zero-order valence-electron chi connectivity index (χ0n) is 16.7. The number of Topliss-reactive ketones (excluding diaryl/α,β-unsaturated/α-hetero) is 1. The smallest absolute Gasteiger partial charge is 0.159 e. The second kappa shape index (κ2) is 8.39. The number of carbonyl (C=O) groups excluding carboxylic acids is 1. The minimum Gasteiger partial charge on any atom is -0.491 e. The molecule has 1 aromatic carbocycles. The molecule has 1 aliphatic heterocycles. The van der Waals surface area contributed by atoms with E-state index in [-0.39, 0.29) is 5.78 Å². The number of carbonyl (C=O) groups is 1. The number of fused-ring (bicyclic) bond motifs is 1. The lowest BCUT2D eigenvalue weighted by molar-refractivity contribution is 0.101. The van der Waals surface area contributed by atoms with Gasteiger partial charge in [0.05, 0.1) is 18.0 Å². The van der Waals surface area contributed by atoms with E-state index >= 15 is 0 Å². The van der Waals surface area contributed by atoms with Gasteiger partial charge in [-0.25, -0.2) is 9.97 Å². The number of nitrogens with one attached hydrogen (secondary N) is 1. The average Bonchev–Trinajstić information content (AvgIpc) is 3.23. The molecule has 0 amide bonds. The van der Waals surface area contributed by atoms with Crippen LogP contribution in [0.1, 0.15) is 47.8 Å². The molecule has 2 aromatic heterocycles. The number of rotatable bonds is 7. The fourth-order valence-electron chi connectivity index (χ4n) is 3.55. The Morgan fingerprint density at radius 3 is 2.79 bits per heavy atom. The third kappa shape index (κ3) is 4.26. The Kier molecular flexibility index (Phi) is 5.51. The number of anilines is 1. The minimum absolute atomic E-state index is 0.0564. The zero-order chi connectivity index (χ0) is 20.2. The summed E-state index contributed by atoms with van der Waals surface area (Å²) in [5.41, 5.74) is 4.77. The predicted octanol–water partition coefficient (Wildman–Crippen LogP) is 4.28. The maximum absolute atomic E-state index is 11.4. The molecule has 1 unspecified atom stereocenters. The highest BCUT2D eigenvalue weighted by Gasteiger charge is 2.20. The van der Waals surface area contributed by atoms with Gasteiger partial charge in [0.25, 0.3) is 0 Å². The fraction of sp³-hybridized carbons (Fsp3) is 0.304. The lowest BCUT2D eigenvalue weighted by Crippen LogP contribution is -2.08. The average molecular weight is 388 g/mol. The molecule has 3 heterocycles. The van der Waals surface area contributed by atoms with E-state index in [0.29, 0.717) is 11.5 Å². The maximum atomic E-state index is 11.4. The van der Waals surface area contributed by atoms with Gasteiger partial charge >= 0.3 is 0 Å². The van der Waals surface area contributed by atoms with Crippen LogP contribution in [0.15, 0.2) is 48.9 Å². The highest BCUT2D eigenvalue weighted by Crippen LogP contribution is 2.34. The molecule has 0 fully saturated rings. The van der Waals surface area contributed by atoms with Crippen molar-refractivity contribution >= 4 is 11.6 Å². The molecule has 3 aromatic rings. The predicted molar refractivity (Wildman–Crippen MR) is 112 cm³/mol. The largest absolute Gasteiger partial charge is 0.491 e. The summed E-state index contributed by atoms with van der Waals surface area (Å²) >= 11 is 0. The van der Waals surface area contributed by atoms with Crippen LogP contribution in [0.5, 0.6) is 5.75 Å². The van der Waals surface area contributed by atoms with Crippen molar-refractivity contribution in [3.8, 4) is 17.0 Å². The van der Waals surface area contributed by atoms with Gasteiger partial charge in [0.1, 0.15) is 17.9 Å². The van der Waals surface area contributed by atoms with Crippen molar-refractivity contribution in [2.24, 2.45) is 0 Å². The van der Waals surface area contributed by atoms with Crippen LogP contribution in [0.4, 0.5) is 5.82 Å². The molecule has 6 heteroatoms. The first kappa shape index (κ1) is 19.1. The molecule has 1 aliphatic rings. The third-order valence-corrected chi connectivity index (χ3v) is 5.26. The van der Waals surface area contributed by atoms with Crippen LogP contribution in [0.3, 0.4) is 0 Å². The van der Waals surface area contributed by atoms with E-state index in [4.69, 9.17) is 4.74 Å². The molecular formula is C23H24N4O2. The lowest BCUT2D eigenvalue weighted by Gasteiger charge is -2.15. The summed E-state index contributed by atoms with van der Waals surface area (Å²) in [6.07, 6.45) is 5.28. The van der Waals surface area contributed by atoms with Crippen molar-refractivity contribution in [1.82, 2.24) is 15.0 Å². The van der Waals surface area contributed by atoms with Gasteiger partial charge in [-0.3, -0.25) is 9.78 Å².